The zero-order valence-electron chi connectivity index (χ0n) is 11.7. The molecule has 2 atom stereocenters. The van der Waals surface area contributed by atoms with Crippen molar-refractivity contribution in [2.75, 3.05) is 7.05 Å². The van der Waals surface area contributed by atoms with Crippen molar-refractivity contribution < 1.29 is 4.74 Å². The van der Waals surface area contributed by atoms with E-state index < -0.39 is 0 Å². The van der Waals surface area contributed by atoms with Gasteiger partial charge in [0.2, 0.25) is 0 Å². The molecule has 21 heavy (non-hydrogen) atoms. The first-order chi connectivity index (χ1) is 10.0. The molecule has 0 aliphatic rings. The van der Waals surface area contributed by atoms with Gasteiger partial charge < -0.3 is 10.1 Å². The second-order valence-electron chi connectivity index (χ2n) is 4.72. The Morgan fingerprint density at radius 1 is 1.00 bits per heavy atom. The number of nitrogens with one attached hydrogen (secondary N) is 1. The van der Waals surface area contributed by atoms with Crippen molar-refractivity contribution in [3.63, 3.8) is 0 Å². The summed E-state index contributed by atoms with van der Waals surface area (Å²) in [4.78, 5) is 0. The van der Waals surface area contributed by atoms with Crippen LogP contribution >= 0.6 is 34.8 Å². The van der Waals surface area contributed by atoms with Gasteiger partial charge >= 0.3 is 0 Å². The fourth-order valence-electron chi connectivity index (χ4n) is 2.20. The molecule has 0 bridgehead atoms. The molecule has 2 nitrogen and oxygen atoms in total. The van der Waals surface area contributed by atoms with Crippen molar-refractivity contribution in [2.24, 2.45) is 0 Å². The lowest BCUT2D eigenvalue weighted by atomic mass is 10.0. The largest absolute Gasteiger partial charge is 0.489 e. The number of hydrogen-bond acceptors (Lipinski definition) is 2. The van der Waals surface area contributed by atoms with Gasteiger partial charge in [0.25, 0.3) is 0 Å². The average molecular weight is 345 g/mol. The monoisotopic (exact) mass is 343 g/mol. The third-order valence-corrected chi connectivity index (χ3v) is 4.18. The van der Waals surface area contributed by atoms with Gasteiger partial charge in [-0.2, -0.15) is 0 Å². The van der Waals surface area contributed by atoms with Gasteiger partial charge in [-0.15, -0.1) is 0 Å². The molecule has 0 saturated heterocycles. The minimum Gasteiger partial charge on any atom is -0.489 e. The molecule has 2 rings (SSSR count). The molecule has 0 saturated carbocycles. The van der Waals surface area contributed by atoms with E-state index in [1.807, 2.05) is 44.3 Å². The minimum atomic E-state index is -0.106. The molecule has 2 unspecified atom stereocenters. The Kier molecular flexibility index (Phi) is 5.77. The molecule has 112 valence electrons. The van der Waals surface area contributed by atoms with Gasteiger partial charge in [-0.3, -0.25) is 0 Å². The van der Waals surface area contributed by atoms with Gasteiger partial charge in [-0.1, -0.05) is 46.9 Å². The first kappa shape index (κ1) is 16.4. The molecule has 1 N–H and O–H groups in total. The summed E-state index contributed by atoms with van der Waals surface area (Å²) in [5.41, 5.74) is 1.02. The summed E-state index contributed by atoms with van der Waals surface area (Å²) in [6.45, 7) is 1.99. The van der Waals surface area contributed by atoms with Crippen LogP contribution in [0.2, 0.25) is 15.1 Å². The van der Waals surface area contributed by atoms with E-state index in [2.05, 4.69) is 5.32 Å². The van der Waals surface area contributed by atoms with Crippen LogP contribution in [0.15, 0.2) is 42.5 Å². The van der Waals surface area contributed by atoms with Crippen molar-refractivity contribution >= 4 is 34.8 Å². The molecule has 0 aliphatic carbocycles. The number of benzene rings is 2. The van der Waals surface area contributed by atoms with Crippen LogP contribution in [-0.4, -0.2) is 13.2 Å². The molecule has 5 heteroatoms. The smallest absolute Gasteiger partial charge is 0.121 e. The van der Waals surface area contributed by atoms with Crippen LogP contribution in [0.4, 0.5) is 0 Å². The molecule has 0 radical (unpaired) electrons. The quantitative estimate of drug-likeness (QED) is 0.786. The van der Waals surface area contributed by atoms with Crippen LogP contribution < -0.4 is 10.1 Å². The topological polar surface area (TPSA) is 21.3 Å². The van der Waals surface area contributed by atoms with Gasteiger partial charge in [0, 0.05) is 5.02 Å². The minimum absolute atomic E-state index is 0.0150. The van der Waals surface area contributed by atoms with Crippen LogP contribution in [0.3, 0.4) is 0 Å². The van der Waals surface area contributed by atoms with Crippen molar-refractivity contribution in [3.8, 4) is 5.75 Å². The van der Waals surface area contributed by atoms with E-state index in [1.165, 1.54) is 0 Å². The van der Waals surface area contributed by atoms with E-state index in [4.69, 9.17) is 39.5 Å². The Morgan fingerprint density at radius 2 is 1.76 bits per heavy atom. The maximum Gasteiger partial charge on any atom is 0.121 e. The van der Waals surface area contributed by atoms with E-state index in [-0.39, 0.29) is 12.1 Å². The lowest BCUT2D eigenvalue weighted by molar-refractivity contribution is 0.175. The van der Waals surface area contributed by atoms with Gasteiger partial charge in [-0.05, 0) is 49.9 Å². The molecule has 0 aromatic heterocycles. The standard InChI is InChI=1S/C16H16Cl3NO/c1-10(21-13-5-3-4-12(17)9-13)16(20-2)11-6-7-14(18)15(19)8-11/h3-10,16,20H,1-2H3. The zero-order valence-corrected chi connectivity index (χ0v) is 14.0. The summed E-state index contributed by atoms with van der Waals surface area (Å²) in [5, 5.41) is 4.96. The van der Waals surface area contributed by atoms with Gasteiger partial charge in [0.15, 0.2) is 0 Å². The Balaban J connectivity index is 2.18. The Bertz CT molecular complexity index is 618. The first-order valence-electron chi connectivity index (χ1n) is 6.55. The highest BCUT2D eigenvalue weighted by molar-refractivity contribution is 6.42. The second-order valence-corrected chi connectivity index (χ2v) is 5.97. The number of hydrogen-bond donors (Lipinski definition) is 1. The molecule has 2 aromatic rings. The highest BCUT2D eigenvalue weighted by Crippen LogP contribution is 2.28. The molecule has 0 spiro atoms. The predicted octanol–water partition coefficient (Wildman–Crippen LogP) is 5.37. The summed E-state index contributed by atoms with van der Waals surface area (Å²) in [6, 6.07) is 12.9. The van der Waals surface area contributed by atoms with E-state index in [0.717, 1.165) is 11.3 Å². The Labute approximate surface area is 140 Å². The lowest BCUT2D eigenvalue weighted by Crippen LogP contribution is -2.31. The SMILES string of the molecule is CNC(c1ccc(Cl)c(Cl)c1)C(C)Oc1cccc(Cl)c1. The summed E-state index contributed by atoms with van der Waals surface area (Å²) >= 11 is 18.0. The number of ether oxygens (including phenoxy) is 1. The fraction of sp³-hybridized carbons (Fsp3) is 0.250. The zero-order chi connectivity index (χ0) is 15.4. The van der Waals surface area contributed by atoms with E-state index >= 15 is 0 Å². The van der Waals surface area contributed by atoms with Crippen LogP contribution in [0.5, 0.6) is 5.75 Å². The third kappa shape index (κ3) is 4.27. The molecule has 0 heterocycles. The normalized spacial score (nSPS) is 13.8. The Hall–Kier alpha value is -0.930. The van der Waals surface area contributed by atoms with Crippen molar-refractivity contribution in [3.05, 3.63) is 63.1 Å². The highest BCUT2D eigenvalue weighted by Gasteiger charge is 2.20. The average Bonchev–Trinajstić information content (AvgIpc) is 2.43. The number of likely N-dealkylation sites (N-methyl/N-ethyl adjacent to an activating group) is 1. The number of rotatable bonds is 5. The van der Waals surface area contributed by atoms with E-state index in [1.54, 1.807) is 12.1 Å². The second kappa shape index (κ2) is 7.37. The van der Waals surface area contributed by atoms with E-state index in [0.29, 0.717) is 15.1 Å². The van der Waals surface area contributed by atoms with Gasteiger partial charge in [0.05, 0.1) is 16.1 Å². The van der Waals surface area contributed by atoms with Crippen molar-refractivity contribution in [2.45, 2.75) is 19.1 Å². The maximum atomic E-state index is 6.08. The highest BCUT2D eigenvalue weighted by atomic mass is 35.5. The molecule has 0 aliphatic heterocycles. The molecule has 2 aromatic carbocycles. The first-order valence-corrected chi connectivity index (χ1v) is 7.69. The Morgan fingerprint density at radius 3 is 2.38 bits per heavy atom. The van der Waals surface area contributed by atoms with Crippen LogP contribution in [0.1, 0.15) is 18.5 Å². The third-order valence-electron chi connectivity index (χ3n) is 3.20. The van der Waals surface area contributed by atoms with Gasteiger partial charge in [0.1, 0.15) is 11.9 Å². The summed E-state index contributed by atoms with van der Waals surface area (Å²) in [6.07, 6.45) is -0.106. The van der Waals surface area contributed by atoms with E-state index in [9.17, 15) is 0 Å². The molecular weight excluding hydrogens is 329 g/mol. The predicted molar refractivity (Wildman–Crippen MR) is 89.8 cm³/mol. The molecule has 0 fully saturated rings. The molecule has 0 amide bonds. The summed E-state index contributed by atoms with van der Waals surface area (Å²) in [5.74, 6) is 0.732. The maximum absolute atomic E-state index is 6.08. The summed E-state index contributed by atoms with van der Waals surface area (Å²) in [7, 11) is 1.88. The van der Waals surface area contributed by atoms with Crippen LogP contribution in [0, 0.1) is 0 Å². The van der Waals surface area contributed by atoms with Crippen molar-refractivity contribution in [1.82, 2.24) is 5.32 Å². The van der Waals surface area contributed by atoms with Gasteiger partial charge in [-0.25, -0.2) is 0 Å². The molecular formula is C16H16Cl3NO. The number of halogens is 3. The fourth-order valence-corrected chi connectivity index (χ4v) is 2.69. The summed E-state index contributed by atoms with van der Waals surface area (Å²) < 4.78 is 5.95. The van der Waals surface area contributed by atoms with Crippen molar-refractivity contribution in [1.29, 1.82) is 0 Å². The lowest BCUT2D eigenvalue weighted by Gasteiger charge is -2.25. The van der Waals surface area contributed by atoms with Crippen LogP contribution in [0.25, 0.3) is 0 Å². The van der Waals surface area contributed by atoms with Crippen LogP contribution in [-0.2, 0) is 0 Å².